The van der Waals surface area contributed by atoms with E-state index in [-0.39, 0.29) is 11.3 Å². The average Bonchev–Trinajstić information content (AvgIpc) is 2.42. The molecule has 20 heavy (non-hydrogen) atoms. The summed E-state index contributed by atoms with van der Waals surface area (Å²) in [6, 6.07) is 5.48. The summed E-state index contributed by atoms with van der Waals surface area (Å²) in [4.78, 5) is 11.4. The van der Waals surface area contributed by atoms with Gasteiger partial charge in [-0.1, -0.05) is 43.7 Å². The standard InChI is InChI=1S/C9H10FNO4S.2C2H6/c1-2-11-9(12)7-5-3-4-6-8(7)15-16(10,13)14;2*1-2/h3-6H,2H2,1H3,(H,11,12);2*1-2H3. The van der Waals surface area contributed by atoms with Gasteiger partial charge in [0.15, 0.2) is 5.75 Å². The van der Waals surface area contributed by atoms with Crippen molar-refractivity contribution in [3.05, 3.63) is 29.8 Å². The van der Waals surface area contributed by atoms with Crippen LogP contribution in [0.25, 0.3) is 0 Å². The Bertz CT molecular complexity index is 489. The first-order valence-corrected chi connectivity index (χ1v) is 7.76. The lowest BCUT2D eigenvalue weighted by Gasteiger charge is -2.07. The van der Waals surface area contributed by atoms with Gasteiger partial charge in [0.1, 0.15) is 0 Å². The van der Waals surface area contributed by atoms with Crippen molar-refractivity contribution in [2.75, 3.05) is 6.54 Å². The maximum Gasteiger partial charge on any atom is 0.488 e. The molecule has 116 valence electrons. The molecule has 0 atom stereocenters. The minimum absolute atomic E-state index is 0.0365. The molecule has 0 spiro atoms. The molecule has 1 N–H and O–H groups in total. The van der Waals surface area contributed by atoms with Gasteiger partial charge in [0.25, 0.3) is 5.91 Å². The molecular formula is C13H22FNO4S. The molecule has 0 fully saturated rings. The van der Waals surface area contributed by atoms with Gasteiger partial charge >= 0.3 is 10.5 Å². The summed E-state index contributed by atoms with van der Waals surface area (Å²) in [6.07, 6.45) is 0. The zero-order chi connectivity index (χ0) is 16.2. The van der Waals surface area contributed by atoms with Gasteiger partial charge in [0.05, 0.1) is 5.56 Å². The minimum atomic E-state index is -5.13. The summed E-state index contributed by atoms with van der Waals surface area (Å²) in [5.74, 6) is -0.863. The Hall–Kier alpha value is -1.63. The van der Waals surface area contributed by atoms with Gasteiger partial charge in [0, 0.05) is 6.54 Å². The molecule has 7 heteroatoms. The number of hydrogen-bond donors (Lipinski definition) is 1. The number of para-hydroxylation sites is 1. The molecule has 0 bridgehead atoms. The molecule has 1 rings (SSSR count). The smallest absolute Gasteiger partial charge is 0.358 e. The van der Waals surface area contributed by atoms with Crippen LogP contribution in [0, 0.1) is 0 Å². The van der Waals surface area contributed by atoms with Crippen molar-refractivity contribution < 1.29 is 21.3 Å². The van der Waals surface area contributed by atoms with Gasteiger partial charge in [-0.25, -0.2) is 0 Å². The van der Waals surface area contributed by atoms with E-state index in [1.54, 1.807) is 6.92 Å². The van der Waals surface area contributed by atoms with Crippen LogP contribution in [0.5, 0.6) is 5.75 Å². The Morgan fingerprint density at radius 3 is 2.15 bits per heavy atom. The number of hydrogen-bond acceptors (Lipinski definition) is 4. The van der Waals surface area contributed by atoms with E-state index in [2.05, 4.69) is 9.50 Å². The zero-order valence-corrected chi connectivity index (χ0v) is 13.3. The van der Waals surface area contributed by atoms with Crippen molar-refractivity contribution >= 4 is 16.4 Å². The van der Waals surface area contributed by atoms with Crippen molar-refractivity contribution in [1.82, 2.24) is 5.32 Å². The van der Waals surface area contributed by atoms with Gasteiger partial charge in [-0.2, -0.15) is 8.42 Å². The van der Waals surface area contributed by atoms with Crippen LogP contribution in [-0.4, -0.2) is 20.9 Å². The molecule has 1 aromatic rings. The van der Waals surface area contributed by atoms with E-state index in [1.807, 2.05) is 27.7 Å². The lowest BCUT2D eigenvalue weighted by molar-refractivity contribution is 0.0954. The molecule has 0 unspecified atom stereocenters. The van der Waals surface area contributed by atoms with E-state index in [9.17, 15) is 17.1 Å². The van der Waals surface area contributed by atoms with Crippen molar-refractivity contribution in [2.45, 2.75) is 34.6 Å². The number of benzene rings is 1. The molecule has 0 saturated carbocycles. The fourth-order valence-electron chi connectivity index (χ4n) is 1.09. The highest BCUT2D eigenvalue weighted by Gasteiger charge is 2.16. The van der Waals surface area contributed by atoms with Crippen LogP contribution in [0.2, 0.25) is 0 Å². The second-order valence-electron chi connectivity index (χ2n) is 2.83. The monoisotopic (exact) mass is 307 g/mol. The van der Waals surface area contributed by atoms with Crippen LogP contribution in [0.4, 0.5) is 3.89 Å². The number of amides is 1. The Morgan fingerprint density at radius 1 is 1.20 bits per heavy atom. The highest BCUT2D eigenvalue weighted by molar-refractivity contribution is 7.81. The van der Waals surface area contributed by atoms with Crippen LogP contribution < -0.4 is 9.50 Å². The molecule has 5 nitrogen and oxygen atoms in total. The highest BCUT2D eigenvalue weighted by atomic mass is 32.3. The normalized spacial score (nSPS) is 9.30. The molecular weight excluding hydrogens is 285 g/mol. The minimum Gasteiger partial charge on any atom is -0.358 e. The molecule has 0 aliphatic carbocycles. The SMILES string of the molecule is CC.CC.CCNC(=O)c1ccccc1OS(=O)(=O)F. The Kier molecular flexibility index (Phi) is 11.6. The number of rotatable bonds is 4. The Morgan fingerprint density at radius 2 is 1.70 bits per heavy atom. The predicted molar refractivity (Wildman–Crippen MR) is 77.8 cm³/mol. The maximum atomic E-state index is 12.3. The first-order valence-electron chi connectivity index (χ1n) is 6.45. The van der Waals surface area contributed by atoms with Crippen LogP contribution >= 0.6 is 0 Å². The lowest BCUT2D eigenvalue weighted by Crippen LogP contribution is -2.23. The molecule has 1 aromatic carbocycles. The molecule has 0 heterocycles. The van der Waals surface area contributed by atoms with Gasteiger partial charge in [-0.15, -0.1) is 0 Å². The van der Waals surface area contributed by atoms with Crippen LogP contribution in [0.3, 0.4) is 0 Å². The summed E-state index contributed by atoms with van der Waals surface area (Å²) in [6.45, 7) is 10.1. The predicted octanol–water partition coefficient (Wildman–Crippen LogP) is 3.08. The topological polar surface area (TPSA) is 72.5 Å². The summed E-state index contributed by atoms with van der Waals surface area (Å²) in [7, 11) is -5.13. The zero-order valence-electron chi connectivity index (χ0n) is 12.4. The average molecular weight is 307 g/mol. The highest BCUT2D eigenvalue weighted by Crippen LogP contribution is 2.20. The van der Waals surface area contributed by atoms with Crippen molar-refractivity contribution in [1.29, 1.82) is 0 Å². The third-order valence-corrected chi connectivity index (χ3v) is 2.04. The summed E-state index contributed by atoms with van der Waals surface area (Å²) >= 11 is 0. The molecule has 0 aliphatic heterocycles. The van der Waals surface area contributed by atoms with E-state index >= 15 is 0 Å². The molecule has 1 amide bonds. The van der Waals surface area contributed by atoms with E-state index in [0.29, 0.717) is 6.54 Å². The second-order valence-corrected chi connectivity index (χ2v) is 3.78. The van der Waals surface area contributed by atoms with Gasteiger partial charge in [-0.05, 0) is 19.1 Å². The van der Waals surface area contributed by atoms with Crippen LogP contribution in [0.15, 0.2) is 24.3 Å². The van der Waals surface area contributed by atoms with Gasteiger partial charge < -0.3 is 9.50 Å². The van der Waals surface area contributed by atoms with Gasteiger partial charge in [-0.3, -0.25) is 4.79 Å². The number of nitrogens with one attached hydrogen (secondary N) is 1. The summed E-state index contributed by atoms with van der Waals surface area (Å²) < 4.78 is 37.0. The first kappa shape index (κ1) is 20.7. The molecule has 0 radical (unpaired) electrons. The number of carbonyl (C=O) groups is 1. The quantitative estimate of drug-likeness (QED) is 0.868. The van der Waals surface area contributed by atoms with E-state index < -0.39 is 16.4 Å². The van der Waals surface area contributed by atoms with Crippen LogP contribution in [0.1, 0.15) is 45.0 Å². The van der Waals surface area contributed by atoms with E-state index in [0.717, 1.165) is 0 Å². The van der Waals surface area contributed by atoms with E-state index in [4.69, 9.17) is 0 Å². The van der Waals surface area contributed by atoms with Crippen molar-refractivity contribution in [3.8, 4) is 5.75 Å². The lowest BCUT2D eigenvalue weighted by atomic mass is 10.2. The maximum absolute atomic E-state index is 12.3. The number of halogens is 1. The van der Waals surface area contributed by atoms with Crippen molar-refractivity contribution in [3.63, 3.8) is 0 Å². The Labute approximate surface area is 120 Å². The summed E-state index contributed by atoms with van der Waals surface area (Å²) in [5.41, 5.74) is -0.0365. The molecule has 0 aromatic heterocycles. The fraction of sp³-hybridized carbons (Fsp3) is 0.462. The third kappa shape index (κ3) is 8.47. The third-order valence-electron chi connectivity index (χ3n) is 1.66. The number of carbonyl (C=O) groups excluding carboxylic acids is 1. The van der Waals surface area contributed by atoms with Gasteiger partial charge in [0.2, 0.25) is 0 Å². The largest absolute Gasteiger partial charge is 0.488 e. The van der Waals surface area contributed by atoms with E-state index in [1.165, 1.54) is 24.3 Å². The summed E-state index contributed by atoms with van der Waals surface area (Å²) in [5, 5.41) is 2.45. The first-order chi connectivity index (χ1) is 9.44. The van der Waals surface area contributed by atoms with Crippen molar-refractivity contribution in [2.24, 2.45) is 0 Å². The second kappa shape index (κ2) is 11.2. The van der Waals surface area contributed by atoms with Crippen LogP contribution in [-0.2, 0) is 10.5 Å². The Balaban J connectivity index is 0. The molecule has 0 aliphatic rings. The molecule has 0 saturated heterocycles. The fourth-order valence-corrected chi connectivity index (χ4v) is 1.45.